The fourth-order valence-electron chi connectivity index (χ4n) is 7.33. The van der Waals surface area contributed by atoms with Gasteiger partial charge in [-0.1, -0.05) is 24.3 Å². The van der Waals surface area contributed by atoms with Crippen LogP contribution in [0.4, 0.5) is 5.69 Å². The number of hydrogen-bond donors (Lipinski definition) is 1. The number of nitrogens with zero attached hydrogens (tertiary/aromatic N) is 2. The maximum absolute atomic E-state index is 10.5. The fourth-order valence-corrected chi connectivity index (χ4v) is 7.33. The summed E-state index contributed by atoms with van der Waals surface area (Å²) < 4.78 is 29.7. The molecular formula is C38H40N2O6. The normalized spacial score (nSPS) is 16.0. The molecule has 5 aromatic rings. The van der Waals surface area contributed by atoms with E-state index >= 15 is 0 Å². The number of anilines is 1. The summed E-state index contributed by atoms with van der Waals surface area (Å²) >= 11 is 0. The molecule has 0 bridgehead atoms. The molecule has 2 heterocycles. The van der Waals surface area contributed by atoms with E-state index in [4.69, 9.17) is 23.7 Å². The second kappa shape index (κ2) is 11.8. The van der Waals surface area contributed by atoms with Gasteiger partial charge in [-0.05, 0) is 84.8 Å². The number of phenols is 1. The van der Waals surface area contributed by atoms with E-state index in [2.05, 4.69) is 48.2 Å². The standard InChI is InChI=1S/C38H40N2O6/c1-39-16-14-23-19-33(42-3)31(41)21-27(23)29(39)18-22-10-12-24(13-11-22)46-32-9-7-8-25-28(32)20-30-34-26(15-17-40(30)2)36(43-4)38(45-6)37(44-5)35(25)34/h7-13,19-21,29,41H,14-18H2,1-6H3. The van der Waals surface area contributed by atoms with Gasteiger partial charge < -0.3 is 33.7 Å². The monoisotopic (exact) mass is 620 g/mol. The molecule has 2 aliphatic heterocycles. The molecule has 8 heteroatoms. The van der Waals surface area contributed by atoms with Gasteiger partial charge in [0.05, 0.1) is 28.4 Å². The van der Waals surface area contributed by atoms with Crippen molar-refractivity contribution in [1.29, 1.82) is 0 Å². The fraction of sp³-hybridized carbons (Fsp3) is 0.316. The van der Waals surface area contributed by atoms with Crippen molar-refractivity contribution in [3.8, 4) is 40.2 Å². The summed E-state index contributed by atoms with van der Waals surface area (Å²) in [5, 5.41) is 14.7. The Kier molecular flexibility index (Phi) is 7.69. The van der Waals surface area contributed by atoms with Gasteiger partial charge in [0.25, 0.3) is 0 Å². The van der Waals surface area contributed by atoms with Crippen LogP contribution in [-0.4, -0.2) is 65.6 Å². The zero-order chi connectivity index (χ0) is 32.1. The Morgan fingerprint density at radius 1 is 0.739 bits per heavy atom. The third-order valence-corrected chi connectivity index (χ3v) is 9.70. The van der Waals surface area contributed by atoms with Crippen LogP contribution in [-0.2, 0) is 19.3 Å². The molecule has 238 valence electrons. The number of hydrogen-bond acceptors (Lipinski definition) is 8. The number of likely N-dealkylation sites (N-methyl/N-ethyl adjacent to an activating group) is 2. The van der Waals surface area contributed by atoms with E-state index in [1.165, 1.54) is 11.1 Å². The molecule has 0 aromatic heterocycles. The predicted octanol–water partition coefficient (Wildman–Crippen LogP) is 7.29. The van der Waals surface area contributed by atoms with Crippen molar-refractivity contribution in [3.63, 3.8) is 0 Å². The van der Waals surface area contributed by atoms with Crippen molar-refractivity contribution in [2.24, 2.45) is 0 Å². The van der Waals surface area contributed by atoms with Gasteiger partial charge in [-0.3, -0.25) is 4.90 Å². The maximum atomic E-state index is 10.5. The second-order valence-electron chi connectivity index (χ2n) is 12.2. The van der Waals surface area contributed by atoms with Crippen molar-refractivity contribution >= 4 is 27.2 Å². The number of methoxy groups -OCH3 is 4. The molecule has 2 aliphatic rings. The SMILES string of the molecule is COc1cc2c(cc1O)C(Cc1ccc(Oc3cccc4c3cc3c5c(c(OC)c(OC)c(OC)c54)CCN3C)cc1)N(C)CC2. The van der Waals surface area contributed by atoms with E-state index < -0.39 is 0 Å². The zero-order valence-electron chi connectivity index (χ0n) is 27.3. The van der Waals surface area contributed by atoms with E-state index in [1.807, 2.05) is 36.4 Å². The minimum absolute atomic E-state index is 0.156. The van der Waals surface area contributed by atoms with Crippen molar-refractivity contribution in [3.05, 3.63) is 82.9 Å². The van der Waals surface area contributed by atoms with Crippen LogP contribution < -0.4 is 28.6 Å². The molecule has 0 aliphatic carbocycles. The van der Waals surface area contributed by atoms with Crippen molar-refractivity contribution in [2.75, 3.05) is 60.5 Å². The van der Waals surface area contributed by atoms with Gasteiger partial charge in [0.2, 0.25) is 5.75 Å². The van der Waals surface area contributed by atoms with Gasteiger partial charge in [-0.25, -0.2) is 0 Å². The van der Waals surface area contributed by atoms with Crippen LogP contribution in [0, 0.1) is 0 Å². The van der Waals surface area contributed by atoms with E-state index in [0.29, 0.717) is 17.2 Å². The molecule has 0 saturated heterocycles. The number of phenolic OH excluding ortho intramolecular Hbond substituents is 1. The van der Waals surface area contributed by atoms with Crippen LogP contribution in [0.15, 0.2) is 60.7 Å². The van der Waals surface area contributed by atoms with E-state index in [9.17, 15) is 5.11 Å². The van der Waals surface area contributed by atoms with Gasteiger partial charge in [0.15, 0.2) is 23.0 Å². The molecule has 0 radical (unpaired) electrons. The number of fused-ring (bicyclic) bond motifs is 3. The van der Waals surface area contributed by atoms with Crippen LogP contribution in [0.3, 0.4) is 0 Å². The first-order chi connectivity index (χ1) is 22.4. The number of ether oxygens (including phenoxy) is 5. The largest absolute Gasteiger partial charge is 0.504 e. The molecule has 46 heavy (non-hydrogen) atoms. The first kappa shape index (κ1) is 29.9. The van der Waals surface area contributed by atoms with Crippen LogP contribution in [0.1, 0.15) is 28.3 Å². The summed E-state index contributed by atoms with van der Waals surface area (Å²) in [5.41, 5.74) is 5.81. The highest BCUT2D eigenvalue weighted by Crippen LogP contribution is 2.54. The van der Waals surface area contributed by atoms with Gasteiger partial charge in [0, 0.05) is 53.6 Å². The Balaban J connectivity index is 1.25. The molecule has 0 fully saturated rings. The molecule has 0 spiro atoms. The average Bonchev–Trinajstić information content (AvgIpc) is 3.07. The van der Waals surface area contributed by atoms with Crippen LogP contribution in [0.25, 0.3) is 21.5 Å². The summed E-state index contributed by atoms with van der Waals surface area (Å²) in [6.07, 6.45) is 2.59. The summed E-state index contributed by atoms with van der Waals surface area (Å²) in [4.78, 5) is 4.63. The number of aromatic hydroxyl groups is 1. The summed E-state index contributed by atoms with van der Waals surface area (Å²) in [6.45, 7) is 1.81. The lowest BCUT2D eigenvalue weighted by Gasteiger charge is -2.35. The maximum Gasteiger partial charge on any atom is 0.204 e. The van der Waals surface area contributed by atoms with Gasteiger partial charge in [-0.2, -0.15) is 0 Å². The molecule has 7 rings (SSSR count). The zero-order valence-corrected chi connectivity index (χ0v) is 27.3. The molecule has 5 aromatic carbocycles. The summed E-state index contributed by atoms with van der Waals surface area (Å²) in [7, 11) is 10.9. The van der Waals surface area contributed by atoms with Crippen molar-refractivity contribution in [1.82, 2.24) is 4.90 Å². The minimum atomic E-state index is 0.156. The summed E-state index contributed by atoms with van der Waals surface area (Å²) in [5.74, 6) is 4.23. The Bertz CT molecular complexity index is 1950. The minimum Gasteiger partial charge on any atom is -0.504 e. The van der Waals surface area contributed by atoms with Gasteiger partial charge >= 0.3 is 0 Å². The molecule has 0 amide bonds. The van der Waals surface area contributed by atoms with Crippen molar-refractivity contribution in [2.45, 2.75) is 25.3 Å². The number of rotatable bonds is 8. The molecular weight excluding hydrogens is 580 g/mol. The highest BCUT2D eigenvalue weighted by atomic mass is 16.5. The Labute approximate surface area is 269 Å². The Morgan fingerprint density at radius 2 is 1.50 bits per heavy atom. The molecule has 0 saturated carbocycles. The van der Waals surface area contributed by atoms with Gasteiger partial charge in [0.1, 0.15) is 11.5 Å². The Morgan fingerprint density at radius 3 is 2.22 bits per heavy atom. The highest BCUT2D eigenvalue weighted by molar-refractivity contribution is 6.20. The predicted molar refractivity (Wildman–Crippen MR) is 182 cm³/mol. The number of benzene rings is 5. The summed E-state index contributed by atoms with van der Waals surface area (Å²) in [6, 6.07) is 20.7. The smallest absolute Gasteiger partial charge is 0.204 e. The van der Waals surface area contributed by atoms with Crippen molar-refractivity contribution < 1.29 is 28.8 Å². The third-order valence-electron chi connectivity index (χ3n) is 9.70. The van der Waals surface area contributed by atoms with Crippen LogP contribution in [0.2, 0.25) is 0 Å². The third kappa shape index (κ3) is 4.79. The molecule has 1 unspecified atom stereocenters. The Hall–Kier alpha value is -4.82. The van der Waals surface area contributed by atoms with E-state index in [1.54, 1.807) is 28.4 Å². The first-order valence-electron chi connectivity index (χ1n) is 15.6. The topological polar surface area (TPSA) is 72.9 Å². The van der Waals surface area contributed by atoms with E-state index in [0.717, 1.165) is 88.0 Å². The second-order valence-corrected chi connectivity index (χ2v) is 12.2. The highest BCUT2D eigenvalue weighted by Gasteiger charge is 2.30. The van der Waals surface area contributed by atoms with E-state index in [-0.39, 0.29) is 11.8 Å². The van der Waals surface area contributed by atoms with Gasteiger partial charge in [-0.15, -0.1) is 0 Å². The lowest BCUT2D eigenvalue weighted by Crippen LogP contribution is -2.33. The average molecular weight is 621 g/mol. The van der Waals surface area contributed by atoms with Crippen LogP contribution in [0.5, 0.6) is 40.2 Å². The quantitative estimate of drug-likeness (QED) is 0.181. The lowest BCUT2D eigenvalue weighted by molar-refractivity contribution is 0.228. The molecule has 1 N–H and O–H groups in total. The van der Waals surface area contributed by atoms with Crippen LogP contribution >= 0.6 is 0 Å². The molecule has 8 nitrogen and oxygen atoms in total. The lowest BCUT2D eigenvalue weighted by atomic mass is 9.88. The molecule has 1 atom stereocenters. The first-order valence-corrected chi connectivity index (χ1v) is 15.6.